The second kappa shape index (κ2) is 7.14. The van der Waals surface area contributed by atoms with E-state index >= 15 is 0 Å². The first-order valence-corrected chi connectivity index (χ1v) is 9.07. The van der Waals surface area contributed by atoms with Gasteiger partial charge in [0.2, 0.25) is 10.0 Å². The van der Waals surface area contributed by atoms with Crippen LogP contribution in [0.15, 0.2) is 35.2 Å². The van der Waals surface area contributed by atoms with E-state index in [1.54, 1.807) is 42.8 Å². The van der Waals surface area contributed by atoms with E-state index < -0.39 is 22.0 Å². The summed E-state index contributed by atoms with van der Waals surface area (Å²) in [7, 11) is -3.99. The number of hydrogen-bond acceptors (Lipinski definition) is 4. The number of sulfonamides is 1. The Morgan fingerprint density at radius 3 is 2.42 bits per heavy atom. The fraction of sp³-hybridized carbons (Fsp3) is 0.375. The van der Waals surface area contributed by atoms with Crippen molar-refractivity contribution in [2.45, 2.75) is 44.7 Å². The highest BCUT2D eigenvalue weighted by Crippen LogP contribution is 2.20. The van der Waals surface area contributed by atoms with Gasteiger partial charge in [-0.2, -0.15) is 9.82 Å². The average molecular weight is 351 g/mol. The Kier molecular flexibility index (Phi) is 5.40. The molecule has 2 aromatic rings. The number of aromatic nitrogens is 2. The van der Waals surface area contributed by atoms with Gasteiger partial charge in [-0.15, -0.1) is 0 Å². The summed E-state index contributed by atoms with van der Waals surface area (Å²) in [5.74, 6) is -1.22. The third kappa shape index (κ3) is 3.82. The van der Waals surface area contributed by atoms with E-state index in [2.05, 4.69) is 9.82 Å². The molecule has 2 N–H and O–H groups in total. The van der Waals surface area contributed by atoms with Gasteiger partial charge >= 0.3 is 5.97 Å². The summed E-state index contributed by atoms with van der Waals surface area (Å²) in [5.41, 5.74) is 1.59. The van der Waals surface area contributed by atoms with Crippen molar-refractivity contribution in [3.05, 3.63) is 47.3 Å². The van der Waals surface area contributed by atoms with E-state index in [0.29, 0.717) is 17.9 Å². The minimum Gasteiger partial charge on any atom is -0.480 e. The van der Waals surface area contributed by atoms with Gasteiger partial charge in [0, 0.05) is 6.54 Å². The van der Waals surface area contributed by atoms with Crippen LogP contribution in [0.1, 0.15) is 23.9 Å². The van der Waals surface area contributed by atoms with Crippen molar-refractivity contribution in [2.24, 2.45) is 0 Å². The van der Waals surface area contributed by atoms with Gasteiger partial charge in [0.05, 0.1) is 11.4 Å². The maximum atomic E-state index is 12.7. The quantitative estimate of drug-likeness (QED) is 0.787. The van der Waals surface area contributed by atoms with Crippen molar-refractivity contribution in [2.75, 3.05) is 0 Å². The van der Waals surface area contributed by atoms with Crippen LogP contribution in [0.3, 0.4) is 0 Å². The largest absolute Gasteiger partial charge is 0.480 e. The molecule has 1 aromatic carbocycles. The first kappa shape index (κ1) is 18.2. The molecule has 0 radical (unpaired) electrons. The van der Waals surface area contributed by atoms with Crippen LogP contribution in [-0.4, -0.2) is 35.3 Å². The fourth-order valence-corrected chi connectivity index (χ4v) is 4.25. The van der Waals surface area contributed by atoms with Gasteiger partial charge in [0.1, 0.15) is 10.9 Å². The van der Waals surface area contributed by atoms with E-state index in [4.69, 9.17) is 0 Å². The molecule has 0 aliphatic heterocycles. The molecule has 2 rings (SSSR count). The molecule has 1 aromatic heterocycles. The number of aryl methyl sites for hydroxylation is 2. The third-order valence-corrected chi connectivity index (χ3v) is 5.48. The third-order valence-electron chi connectivity index (χ3n) is 3.76. The Bertz CT molecular complexity index is 829. The zero-order valence-corrected chi connectivity index (χ0v) is 14.7. The minimum atomic E-state index is -3.99. The smallest absolute Gasteiger partial charge is 0.322 e. The Balaban J connectivity index is 2.32. The van der Waals surface area contributed by atoms with Crippen LogP contribution in [-0.2, 0) is 27.8 Å². The lowest BCUT2D eigenvalue weighted by Gasteiger charge is -2.15. The zero-order chi connectivity index (χ0) is 17.9. The number of carbonyl (C=O) groups is 1. The van der Waals surface area contributed by atoms with Crippen molar-refractivity contribution in [1.29, 1.82) is 0 Å². The summed E-state index contributed by atoms with van der Waals surface area (Å²) in [5, 5.41) is 13.6. The van der Waals surface area contributed by atoms with E-state index in [9.17, 15) is 18.3 Å². The Hall–Kier alpha value is -2.19. The Morgan fingerprint density at radius 1 is 1.29 bits per heavy atom. The molecule has 130 valence electrons. The van der Waals surface area contributed by atoms with Crippen LogP contribution >= 0.6 is 0 Å². The monoisotopic (exact) mass is 351 g/mol. The van der Waals surface area contributed by atoms with Gasteiger partial charge < -0.3 is 5.11 Å². The number of nitrogens with zero attached hydrogens (tertiary/aromatic N) is 2. The van der Waals surface area contributed by atoms with E-state index in [0.717, 1.165) is 5.56 Å². The molecule has 0 fully saturated rings. The van der Waals surface area contributed by atoms with Crippen LogP contribution in [0, 0.1) is 13.8 Å². The molecule has 1 heterocycles. The SMILES string of the molecule is CCn1nc(C)c(S(=O)(=O)N[C@@H](Cc2ccccc2)C(=O)O)c1C. The highest BCUT2D eigenvalue weighted by Gasteiger charge is 2.30. The van der Waals surface area contributed by atoms with Crippen molar-refractivity contribution in [3.63, 3.8) is 0 Å². The predicted molar refractivity (Wildman–Crippen MR) is 89.3 cm³/mol. The highest BCUT2D eigenvalue weighted by molar-refractivity contribution is 7.89. The van der Waals surface area contributed by atoms with E-state index in [1.165, 1.54) is 0 Å². The summed E-state index contributed by atoms with van der Waals surface area (Å²) in [6.45, 7) is 5.65. The predicted octanol–water partition coefficient (Wildman–Crippen LogP) is 1.49. The molecule has 1 atom stereocenters. The van der Waals surface area contributed by atoms with Crippen LogP contribution in [0.4, 0.5) is 0 Å². The summed E-state index contributed by atoms with van der Waals surface area (Å²) >= 11 is 0. The first-order valence-electron chi connectivity index (χ1n) is 7.59. The van der Waals surface area contributed by atoms with Crippen molar-refractivity contribution >= 4 is 16.0 Å². The topological polar surface area (TPSA) is 101 Å². The fourth-order valence-electron chi connectivity index (χ4n) is 2.65. The molecule has 0 spiro atoms. The lowest BCUT2D eigenvalue weighted by molar-refractivity contribution is -0.138. The average Bonchev–Trinajstić information content (AvgIpc) is 2.82. The number of nitrogens with one attached hydrogen (secondary N) is 1. The zero-order valence-electron chi connectivity index (χ0n) is 13.9. The lowest BCUT2D eigenvalue weighted by atomic mass is 10.1. The van der Waals surface area contributed by atoms with Gasteiger partial charge in [-0.1, -0.05) is 30.3 Å². The molecule has 7 nitrogen and oxygen atoms in total. The van der Waals surface area contributed by atoms with Crippen molar-refractivity contribution < 1.29 is 18.3 Å². The van der Waals surface area contributed by atoms with Crippen LogP contribution in [0.2, 0.25) is 0 Å². The van der Waals surface area contributed by atoms with Crippen LogP contribution in [0.25, 0.3) is 0 Å². The molecule has 8 heteroatoms. The van der Waals surface area contributed by atoms with Crippen LogP contribution < -0.4 is 4.72 Å². The summed E-state index contributed by atoms with van der Waals surface area (Å²) < 4.78 is 29.2. The molecule has 0 saturated carbocycles. The van der Waals surface area contributed by atoms with Gasteiger partial charge in [0.15, 0.2) is 0 Å². The minimum absolute atomic E-state index is 0.0451. The molecule has 0 unspecified atom stereocenters. The highest BCUT2D eigenvalue weighted by atomic mass is 32.2. The van der Waals surface area contributed by atoms with Crippen molar-refractivity contribution in [1.82, 2.24) is 14.5 Å². The molecule has 24 heavy (non-hydrogen) atoms. The lowest BCUT2D eigenvalue weighted by Crippen LogP contribution is -2.42. The number of benzene rings is 1. The molecule has 0 aliphatic rings. The number of rotatable bonds is 7. The first-order chi connectivity index (χ1) is 11.3. The maximum Gasteiger partial charge on any atom is 0.322 e. The summed E-state index contributed by atoms with van der Waals surface area (Å²) in [6, 6.07) is 7.65. The molecule has 0 amide bonds. The van der Waals surface area contributed by atoms with Gasteiger partial charge in [-0.25, -0.2) is 8.42 Å². The summed E-state index contributed by atoms with van der Waals surface area (Å²) in [4.78, 5) is 11.5. The van der Waals surface area contributed by atoms with Gasteiger partial charge in [-0.05, 0) is 32.8 Å². The molecule has 0 saturated heterocycles. The summed E-state index contributed by atoms with van der Waals surface area (Å²) in [6.07, 6.45) is 0.0649. The molecule has 0 bridgehead atoms. The normalized spacial score (nSPS) is 13.0. The second-order valence-electron chi connectivity index (χ2n) is 5.52. The Morgan fingerprint density at radius 2 is 1.92 bits per heavy atom. The molecular weight excluding hydrogens is 330 g/mol. The maximum absolute atomic E-state index is 12.7. The number of aliphatic carboxylic acids is 1. The number of hydrogen-bond donors (Lipinski definition) is 2. The van der Waals surface area contributed by atoms with E-state index in [1.807, 2.05) is 13.0 Å². The number of carboxylic acid groups (broad SMARTS) is 1. The van der Waals surface area contributed by atoms with Crippen molar-refractivity contribution in [3.8, 4) is 0 Å². The molecule has 0 aliphatic carbocycles. The standard InChI is InChI=1S/C16H21N3O4S/c1-4-19-12(3)15(11(2)17-19)24(22,23)18-14(16(20)21)10-13-8-6-5-7-9-13/h5-9,14,18H,4,10H2,1-3H3,(H,20,21)/t14-/m0/s1. The number of carboxylic acids is 1. The second-order valence-corrected chi connectivity index (χ2v) is 7.17. The molecular formula is C16H21N3O4S. The van der Waals surface area contributed by atoms with Gasteiger partial charge in [0.25, 0.3) is 0 Å². The van der Waals surface area contributed by atoms with E-state index in [-0.39, 0.29) is 11.3 Å². The Labute approximate surface area is 141 Å². The van der Waals surface area contributed by atoms with Gasteiger partial charge in [-0.3, -0.25) is 9.48 Å². The van der Waals surface area contributed by atoms with Crippen LogP contribution in [0.5, 0.6) is 0 Å².